The van der Waals surface area contributed by atoms with Gasteiger partial charge in [-0.1, -0.05) is 41.9 Å². The number of benzene rings is 1. The van der Waals surface area contributed by atoms with E-state index in [-0.39, 0.29) is 6.10 Å². The molecule has 1 aliphatic rings. The molecule has 1 N–H and O–H groups in total. The molecular formula is C13H15ClO. The molecule has 2 heteroatoms. The second-order valence-corrected chi connectivity index (χ2v) is 4.29. The summed E-state index contributed by atoms with van der Waals surface area (Å²) >= 11 is 5.51. The third-order valence-corrected chi connectivity index (χ3v) is 3.31. The lowest BCUT2D eigenvalue weighted by atomic mass is 9.80. The number of aryl methyl sites for hydroxylation is 1. The van der Waals surface area contributed by atoms with E-state index in [4.69, 9.17) is 11.6 Å². The molecule has 1 aromatic carbocycles. The Morgan fingerprint density at radius 2 is 2.20 bits per heavy atom. The maximum Gasteiger partial charge on any atom is 0.0823 e. The Hall–Kier alpha value is -0.790. The summed E-state index contributed by atoms with van der Waals surface area (Å²) in [7, 11) is 0. The molecule has 1 aliphatic carbocycles. The molecule has 0 radical (unpaired) electrons. The number of aliphatic hydroxyl groups excluding tert-OH is 1. The Labute approximate surface area is 95.4 Å². The summed E-state index contributed by atoms with van der Waals surface area (Å²) in [4.78, 5) is 0. The highest BCUT2D eigenvalue weighted by atomic mass is 35.5. The van der Waals surface area contributed by atoms with E-state index in [9.17, 15) is 5.11 Å². The zero-order chi connectivity index (χ0) is 10.7. The molecule has 0 amide bonds. The van der Waals surface area contributed by atoms with E-state index in [1.807, 2.05) is 24.3 Å². The summed E-state index contributed by atoms with van der Waals surface area (Å²) in [6.07, 6.45) is 4.55. The fourth-order valence-electron chi connectivity index (χ4n) is 2.28. The van der Waals surface area contributed by atoms with Gasteiger partial charge in [0.1, 0.15) is 0 Å². The summed E-state index contributed by atoms with van der Waals surface area (Å²) in [5.74, 6) is 0.315. The number of allylic oxidation sites excluding steroid dienone is 1. The monoisotopic (exact) mass is 222 g/mol. The van der Waals surface area contributed by atoms with Crippen LogP contribution in [0.5, 0.6) is 0 Å². The smallest absolute Gasteiger partial charge is 0.0823 e. The molecule has 0 aliphatic heterocycles. The Kier molecular flexibility index (Phi) is 3.45. The summed E-state index contributed by atoms with van der Waals surface area (Å²) in [5.41, 5.74) is 3.92. The van der Waals surface area contributed by atoms with Crippen molar-refractivity contribution in [2.45, 2.75) is 25.4 Å². The van der Waals surface area contributed by atoms with Gasteiger partial charge in [0, 0.05) is 5.54 Å². The van der Waals surface area contributed by atoms with Gasteiger partial charge in [0.25, 0.3) is 0 Å². The quantitative estimate of drug-likeness (QED) is 0.813. The van der Waals surface area contributed by atoms with Crippen LogP contribution in [-0.4, -0.2) is 5.11 Å². The van der Waals surface area contributed by atoms with Crippen molar-refractivity contribution >= 4 is 11.6 Å². The first kappa shape index (κ1) is 10.7. The van der Waals surface area contributed by atoms with Crippen molar-refractivity contribution in [2.24, 2.45) is 5.92 Å². The molecule has 2 atom stereocenters. The number of hydrogen-bond acceptors (Lipinski definition) is 1. The van der Waals surface area contributed by atoms with E-state index in [1.54, 1.807) is 0 Å². The minimum atomic E-state index is -0.331. The lowest BCUT2D eigenvalue weighted by molar-refractivity contribution is 0.0952. The molecule has 1 aromatic rings. The Balaban J connectivity index is 2.18. The molecule has 0 saturated carbocycles. The van der Waals surface area contributed by atoms with Crippen LogP contribution in [0.15, 0.2) is 35.9 Å². The van der Waals surface area contributed by atoms with Crippen molar-refractivity contribution in [3.63, 3.8) is 0 Å². The van der Waals surface area contributed by atoms with E-state index in [2.05, 4.69) is 6.07 Å². The van der Waals surface area contributed by atoms with Crippen LogP contribution < -0.4 is 0 Å². The molecule has 0 saturated heterocycles. The Morgan fingerprint density at radius 1 is 1.40 bits per heavy atom. The van der Waals surface area contributed by atoms with Crippen LogP contribution in [0, 0.1) is 5.92 Å². The fourth-order valence-corrected chi connectivity index (χ4v) is 2.38. The Bertz CT molecular complexity index is 359. The maximum atomic E-state index is 10.2. The second-order valence-electron chi connectivity index (χ2n) is 4.04. The minimum Gasteiger partial charge on any atom is -0.388 e. The topological polar surface area (TPSA) is 20.2 Å². The van der Waals surface area contributed by atoms with Crippen molar-refractivity contribution < 1.29 is 5.11 Å². The van der Waals surface area contributed by atoms with Gasteiger partial charge in [-0.05, 0) is 36.3 Å². The van der Waals surface area contributed by atoms with Gasteiger partial charge >= 0.3 is 0 Å². The van der Waals surface area contributed by atoms with Crippen molar-refractivity contribution in [3.05, 3.63) is 47.0 Å². The van der Waals surface area contributed by atoms with E-state index >= 15 is 0 Å². The molecule has 0 aromatic heterocycles. The molecule has 80 valence electrons. The van der Waals surface area contributed by atoms with Crippen LogP contribution >= 0.6 is 11.6 Å². The van der Waals surface area contributed by atoms with Gasteiger partial charge < -0.3 is 5.11 Å². The summed E-state index contributed by atoms with van der Waals surface area (Å²) in [6, 6.07) is 8.15. The van der Waals surface area contributed by atoms with Crippen LogP contribution in [0.25, 0.3) is 0 Å². The first-order valence-electron chi connectivity index (χ1n) is 5.34. The predicted molar refractivity (Wildman–Crippen MR) is 62.8 cm³/mol. The van der Waals surface area contributed by atoms with Gasteiger partial charge in [0.05, 0.1) is 6.10 Å². The van der Waals surface area contributed by atoms with E-state index in [0.29, 0.717) is 5.92 Å². The van der Waals surface area contributed by atoms with Gasteiger partial charge in [-0.3, -0.25) is 0 Å². The number of rotatable bonds is 2. The van der Waals surface area contributed by atoms with Gasteiger partial charge in [-0.25, -0.2) is 0 Å². The van der Waals surface area contributed by atoms with Crippen molar-refractivity contribution in [1.29, 1.82) is 0 Å². The van der Waals surface area contributed by atoms with Crippen LogP contribution in [0.4, 0.5) is 0 Å². The maximum absolute atomic E-state index is 10.2. The van der Waals surface area contributed by atoms with Gasteiger partial charge in [-0.15, -0.1) is 0 Å². The molecule has 1 nitrogen and oxygen atoms in total. The SMILES string of the molecule is OC1c2ccccc2CCC1C/C=C/Cl. The van der Waals surface area contributed by atoms with E-state index in [0.717, 1.165) is 24.8 Å². The normalized spacial score (nSPS) is 25.5. The minimum absolute atomic E-state index is 0.315. The zero-order valence-electron chi connectivity index (χ0n) is 8.57. The molecule has 15 heavy (non-hydrogen) atoms. The highest BCUT2D eigenvalue weighted by Gasteiger charge is 2.26. The van der Waals surface area contributed by atoms with Crippen molar-refractivity contribution in [3.8, 4) is 0 Å². The second kappa shape index (κ2) is 4.82. The largest absolute Gasteiger partial charge is 0.388 e. The molecular weight excluding hydrogens is 208 g/mol. The molecule has 0 bridgehead atoms. The standard InChI is InChI=1S/C13H15ClO/c14-9-3-5-11-8-7-10-4-1-2-6-12(10)13(11)15/h1-4,6,9,11,13,15H,5,7-8H2/b9-3+. The summed E-state index contributed by atoms with van der Waals surface area (Å²) in [5, 5.41) is 10.2. The molecule has 0 spiro atoms. The first-order chi connectivity index (χ1) is 7.33. The number of fused-ring (bicyclic) bond motifs is 1. The number of aliphatic hydroxyl groups is 1. The first-order valence-corrected chi connectivity index (χ1v) is 5.77. The van der Waals surface area contributed by atoms with Crippen LogP contribution in [-0.2, 0) is 6.42 Å². The summed E-state index contributed by atoms with van der Waals surface area (Å²) in [6.45, 7) is 0. The Morgan fingerprint density at radius 3 is 3.00 bits per heavy atom. The molecule has 2 rings (SSSR count). The number of halogens is 1. The molecule has 0 heterocycles. The van der Waals surface area contributed by atoms with Crippen LogP contribution in [0.3, 0.4) is 0 Å². The van der Waals surface area contributed by atoms with Gasteiger partial charge in [-0.2, -0.15) is 0 Å². The lowest BCUT2D eigenvalue weighted by Crippen LogP contribution is -2.19. The van der Waals surface area contributed by atoms with Gasteiger partial charge in [0.2, 0.25) is 0 Å². The number of hydrogen-bond donors (Lipinski definition) is 1. The predicted octanol–water partition coefficient (Wildman–Crippen LogP) is 3.43. The van der Waals surface area contributed by atoms with Gasteiger partial charge in [0.15, 0.2) is 0 Å². The molecule has 0 fully saturated rings. The summed E-state index contributed by atoms with van der Waals surface area (Å²) < 4.78 is 0. The highest BCUT2D eigenvalue weighted by molar-refractivity contribution is 6.25. The van der Waals surface area contributed by atoms with E-state index in [1.165, 1.54) is 11.1 Å². The van der Waals surface area contributed by atoms with Crippen LogP contribution in [0.1, 0.15) is 30.1 Å². The third kappa shape index (κ3) is 2.24. The van der Waals surface area contributed by atoms with Crippen LogP contribution in [0.2, 0.25) is 0 Å². The van der Waals surface area contributed by atoms with Crippen molar-refractivity contribution in [2.75, 3.05) is 0 Å². The third-order valence-electron chi connectivity index (χ3n) is 3.13. The highest BCUT2D eigenvalue weighted by Crippen LogP contribution is 2.36. The average molecular weight is 223 g/mol. The zero-order valence-corrected chi connectivity index (χ0v) is 9.32. The van der Waals surface area contributed by atoms with Crippen molar-refractivity contribution in [1.82, 2.24) is 0 Å². The fraction of sp³-hybridized carbons (Fsp3) is 0.385. The average Bonchev–Trinajstić information content (AvgIpc) is 2.29. The van der Waals surface area contributed by atoms with E-state index < -0.39 is 0 Å². The lowest BCUT2D eigenvalue weighted by Gasteiger charge is -2.29. The molecule has 2 unspecified atom stereocenters.